The summed E-state index contributed by atoms with van der Waals surface area (Å²) in [7, 11) is 3.70. The van der Waals surface area contributed by atoms with Crippen LogP contribution in [0, 0.1) is 3.57 Å². The van der Waals surface area contributed by atoms with E-state index in [1.807, 2.05) is 38.4 Å². The van der Waals surface area contributed by atoms with Gasteiger partial charge in [-0.2, -0.15) is 0 Å². The third-order valence-electron chi connectivity index (χ3n) is 1.66. The van der Waals surface area contributed by atoms with Crippen LogP contribution in [0.25, 0.3) is 0 Å². The molecule has 0 aliphatic carbocycles. The van der Waals surface area contributed by atoms with E-state index in [0.29, 0.717) is 0 Å². The molecular weight excluding hydrogens is 265 g/mol. The Labute approximate surface area is 86.3 Å². The molecule has 12 heavy (non-hydrogen) atoms. The molecule has 0 saturated carbocycles. The van der Waals surface area contributed by atoms with Gasteiger partial charge in [0.1, 0.15) is 6.23 Å². The van der Waals surface area contributed by atoms with Crippen LogP contribution in [0.15, 0.2) is 24.3 Å². The van der Waals surface area contributed by atoms with Gasteiger partial charge in [0.15, 0.2) is 0 Å². The van der Waals surface area contributed by atoms with Gasteiger partial charge in [-0.15, -0.1) is 0 Å². The van der Waals surface area contributed by atoms with Gasteiger partial charge in [-0.1, -0.05) is 12.1 Å². The van der Waals surface area contributed by atoms with E-state index in [-0.39, 0.29) is 0 Å². The van der Waals surface area contributed by atoms with E-state index < -0.39 is 6.23 Å². The predicted octanol–water partition coefficient (Wildman–Crippen LogP) is 1.84. The lowest BCUT2D eigenvalue weighted by Gasteiger charge is -2.18. The summed E-state index contributed by atoms with van der Waals surface area (Å²) < 4.78 is 1.18. The fraction of sp³-hybridized carbons (Fsp3) is 0.333. The summed E-state index contributed by atoms with van der Waals surface area (Å²) in [6, 6.07) is 7.85. The summed E-state index contributed by atoms with van der Waals surface area (Å²) in [6.07, 6.45) is -0.498. The van der Waals surface area contributed by atoms with Crippen molar-refractivity contribution in [2.75, 3.05) is 14.1 Å². The first-order valence-corrected chi connectivity index (χ1v) is 4.79. The maximum atomic E-state index is 9.61. The molecule has 1 atom stereocenters. The minimum Gasteiger partial charge on any atom is -0.374 e. The highest BCUT2D eigenvalue weighted by atomic mass is 127. The molecule has 3 heteroatoms. The lowest BCUT2D eigenvalue weighted by molar-refractivity contribution is 0.0395. The second-order valence-electron chi connectivity index (χ2n) is 2.89. The molecule has 0 aromatic heterocycles. The van der Waals surface area contributed by atoms with Crippen LogP contribution in [-0.4, -0.2) is 24.1 Å². The van der Waals surface area contributed by atoms with Gasteiger partial charge in [0.05, 0.1) is 0 Å². The molecule has 1 unspecified atom stereocenters. The molecule has 0 aliphatic rings. The topological polar surface area (TPSA) is 23.5 Å². The minimum absolute atomic E-state index is 0.498. The molecular formula is C9H12INO. The molecule has 0 spiro atoms. The monoisotopic (exact) mass is 277 g/mol. The van der Waals surface area contributed by atoms with Crippen LogP contribution in [0.1, 0.15) is 11.8 Å². The Bertz CT molecular complexity index is 245. The lowest BCUT2D eigenvalue weighted by Crippen LogP contribution is -2.18. The number of hydrogen-bond donors (Lipinski definition) is 1. The summed E-state index contributed by atoms with van der Waals surface area (Å²) >= 11 is 2.24. The Morgan fingerprint density at radius 2 is 1.75 bits per heavy atom. The van der Waals surface area contributed by atoms with Gasteiger partial charge in [0, 0.05) is 3.57 Å². The lowest BCUT2D eigenvalue weighted by atomic mass is 10.2. The number of halogens is 1. The number of benzene rings is 1. The van der Waals surface area contributed by atoms with E-state index in [1.165, 1.54) is 3.57 Å². The van der Waals surface area contributed by atoms with E-state index in [4.69, 9.17) is 0 Å². The van der Waals surface area contributed by atoms with Crippen molar-refractivity contribution in [3.05, 3.63) is 33.4 Å². The largest absolute Gasteiger partial charge is 0.374 e. The SMILES string of the molecule is CN(C)C(O)c1ccc(I)cc1. The second kappa shape index (κ2) is 4.20. The first-order chi connectivity index (χ1) is 5.61. The first-order valence-electron chi connectivity index (χ1n) is 3.71. The fourth-order valence-electron chi connectivity index (χ4n) is 0.933. The van der Waals surface area contributed by atoms with Gasteiger partial charge < -0.3 is 5.11 Å². The van der Waals surface area contributed by atoms with E-state index in [0.717, 1.165) is 5.56 Å². The van der Waals surface area contributed by atoms with Crippen molar-refractivity contribution in [1.29, 1.82) is 0 Å². The van der Waals surface area contributed by atoms with Crippen LogP contribution < -0.4 is 0 Å². The van der Waals surface area contributed by atoms with Crippen molar-refractivity contribution < 1.29 is 5.11 Å². The maximum absolute atomic E-state index is 9.61. The third kappa shape index (κ3) is 2.43. The summed E-state index contributed by atoms with van der Waals surface area (Å²) in [4.78, 5) is 1.77. The zero-order valence-corrected chi connectivity index (χ0v) is 9.32. The molecule has 0 fully saturated rings. The van der Waals surface area contributed by atoms with Gasteiger partial charge >= 0.3 is 0 Å². The first kappa shape index (κ1) is 9.95. The van der Waals surface area contributed by atoms with Crippen molar-refractivity contribution in [3.63, 3.8) is 0 Å². The van der Waals surface area contributed by atoms with Gasteiger partial charge in [0.2, 0.25) is 0 Å². The van der Waals surface area contributed by atoms with E-state index in [2.05, 4.69) is 22.6 Å². The molecule has 1 aromatic rings. The average molecular weight is 277 g/mol. The molecule has 0 saturated heterocycles. The number of nitrogens with zero attached hydrogens (tertiary/aromatic N) is 1. The summed E-state index contributed by atoms with van der Waals surface area (Å²) in [5.41, 5.74) is 0.931. The van der Waals surface area contributed by atoms with Crippen LogP contribution >= 0.6 is 22.6 Å². The van der Waals surface area contributed by atoms with E-state index >= 15 is 0 Å². The molecule has 0 bridgehead atoms. The molecule has 0 heterocycles. The molecule has 0 radical (unpaired) electrons. The van der Waals surface area contributed by atoms with Crippen LogP contribution in [0.2, 0.25) is 0 Å². The molecule has 1 aromatic carbocycles. The van der Waals surface area contributed by atoms with Crippen molar-refractivity contribution in [3.8, 4) is 0 Å². The minimum atomic E-state index is -0.498. The maximum Gasteiger partial charge on any atom is 0.133 e. The Kier molecular flexibility index (Phi) is 3.49. The van der Waals surface area contributed by atoms with Gasteiger partial charge in [-0.3, -0.25) is 4.90 Å². The number of aliphatic hydroxyl groups is 1. The molecule has 1 N–H and O–H groups in total. The molecule has 0 amide bonds. The van der Waals surface area contributed by atoms with Crippen LogP contribution in [0.5, 0.6) is 0 Å². The van der Waals surface area contributed by atoms with Crippen molar-refractivity contribution in [1.82, 2.24) is 4.90 Å². The molecule has 66 valence electrons. The van der Waals surface area contributed by atoms with Crippen molar-refractivity contribution in [2.45, 2.75) is 6.23 Å². The zero-order valence-electron chi connectivity index (χ0n) is 7.16. The Morgan fingerprint density at radius 3 is 2.17 bits per heavy atom. The third-order valence-corrected chi connectivity index (χ3v) is 2.38. The Hall–Kier alpha value is -0.130. The Morgan fingerprint density at radius 1 is 1.25 bits per heavy atom. The molecule has 2 nitrogen and oxygen atoms in total. The second-order valence-corrected chi connectivity index (χ2v) is 4.13. The van der Waals surface area contributed by atoms with Crippen LogP contribution in [0.3, 0.4) is 0 Å². The normalized spacial score (nSPS) is 13.4. The van der Waals surface area contributed by atoms with Crippen LogP contribution in [-0.2, 0) is 0 Å². The standard InChI is InChI=1S/C9H12INO/c1-11(2)9(12)7-3-5-8(10)6-4-7/h3-6,9,12H,1-2H3. The highest BCUT2D eigenvalue weighted by Gasteiger charge is 2.07. The molecule has 1 rings (SSSR count). The number of aliphatic hydroxyl groups excluding tert-OH is 1. The summed E-state index contributed by atoms with van der Waals surface area (Å²) in [5.74, 6) is 0. The summed E-state index contributed by atoms with van der Waals surface area (Å²) in [6.45, 7) is 0. The van der Waals surface area contributed by atoms with Crippen molar-refractivity contribution >= 4 is 22.6 Å². The highest BCUT2D eigenvalue weighted by molar-refractivity contribution is 14.1. The van der Waals surface area contributed by atoms with Gasteiger partial charge in [-0.05, 0) is 54.4 Å². The van der Waals surface area contributed by atoms with Crippen LogP contribution in [0.4, 0.5) is 0 Å². The molecule has 0 aliphatic heterocycles. The smallest absolute Gasteiger partial charge is 0.133 e. The van der Waals surface area contributed by atoms with Crippen molar-refractivity contribution in [2.24, 2.45) is 0 Å². The average Bonchev–Trinajstić information content (AvgIpc) is 2.04. The van der Waals surface area contributed by atoms with Gasteiger partial charge in [-0.25, -0.2) is 0 Å². The summed E-state index contributed by atoms with van der Waals surface area (Å²) in [5, 5.41) is 9.61. The number of hydrogen-bond acceptors (Lipinski definition) is 2. The van der Waals surface area contributed by atoms with Gasteiger partial charge in [0.25, 0.3) is 0 Å². The Balaban J connectivity index is 2.82. The number of rotatable bonds is 2. The predicted molar refractivity (Wildman–Crippen MR) is 57.8 cm³/mol. The fourth-order valence-corrected chi connectivity index (χ4v) is 1.29. The van der Waals surface area contributed by atoms with E-state index in [1.54, 1.807) is 4.90 Å². The zero-order chi connectivity index (χ0) is 9.14. The van der Waals surface area contributed by atoms with E-state index in [9.17, 15) is 5.11 Å². The highest BCUT2D eigenvalue weighted by Crippen LogP contribution is 2.15. The quantitative estimate of drug-likeness (QED) is 0.658.